The van der Waals surface area contributed by atoms with Crippen LogP contribution in [0.4, 0.5) is 0 Å². The number of nitrogens with one attached hydrogen (secondary N) is 1. The third-order valence-corrected chi connectivity index (χ3v) is 3.21. The maximum Gasteiger partial charge on any atom is 0.219 e. The zero-order chi connectivity index (χ0) is 12.8. The summed E-state index contributed by atoms with van der Waals surface area (Å²) in [5, 5.41) is 3.49. The largest absolute Gasteiger partial charge is 0.481 e. The van der Waals surface area contributed by atoms with Crippen LogP contribution in [0.5, 0.6) is 5.88 Å². The Hall–Kier alpha value is -1.16. The van der Waals surface area contributed by atoms with Crippen LogP contribution >= 0.6 is 0 Å². The molecule has 1 N–H and O–H groups in total. The highest BCUT2D eigenvalue weighted by atomic mass is 16.5. The van der Waals surface area contributed by atoms with Gasteiger partial charge in [0.2, 0.25) is 5.88 Å². The van der Waals surface area contributed by atoms with Crippen LogP contribution in [0.25, 0.3) is 0 Å². The molecule has 2 atom stereocenters. The van der Waals surface area contributed by atoms with Gasteiger partial charge in [0.25, 0.3) is 0 Å². The van der Waals surface area contributed by atoms with Gasteiger partial charge in [-0.3, -0.25) is 0 Å². The number of hydrogen-bond donors (Lipinski definition) is 1. The first-order valence-electron chi connectivity index (χ1n) is 6.24. The van der Waals surface area contributed by atoms with Gasteiger partial charge < -0.3 is 10.1 Å². The summed E-state index contributed by atoms with van der Waals surface area (Å²) in [5.74, 6) is 1.03. The van der Waals surface area contributed by atoms with Gasteiger partial charge in [-0.25, -0.2) is 9.97 Å². The van der Waals surface area contributed by atoms with Gasteiger partial charge in [0.15, 0.2) is 0 Å². The predicted molar refractivity (Wildman–Crippen MR) is 69.5 cm³/mol. The number of nitrogens with zero attached hydrogens (tertiary/aromatic N) is 2. The first-order valence-corrected chi connectivity index (χ1v) is 6.24. The van der Waals surface area contributed by atoms with Crippen molar-refractivity contribution in [3.8, 4) is 5.88 Å². The highest BCUT2D eigenvalue weighted by Gasteiger charge is 2.21. The number of likely N-dealkylation sites (N-methyl/N-ethyl adjacent to an activating group) is 1. The van der Waals surface area contributed by atoms with Crippen molar-refractivity contribution in [3.63, 3.8) is 0 Å². The van der Waals surface area contributed by atoms with Crippen LogP contribution in [0.2, 0.25) is 0 Å². The van der Waals surface area contributed by atoms with Gasteiger partial charge in [0.05, 0.1) is 12.8 Å². The summed E-state index contributed by atoms with van der Waals surface area (Å²) < 4.78 is 5.24. The van der Waals surface area contributed by atoms with E-state index >= 15 is 0 Å². The summed E-state index contributed by atoms with van der Waals surface area (Å²) in [6.45, 7) is 9.51. The van der Waals surface area contributed by atoms with Crippen LogP contribution in [-0.2, 0) is 0 Å². The molecule has 4 nitrogen and oxygen atoms in total. The lowest BCUT2D eigenvalue weighted by Gasteiger charge is -2.24. The molecule has 0 aliphatic rings. The van der Waals surface area contributed by atoms with E-state index in [4.69, 9.17) is 4.74 Å². The summed E-state index contributed by atoms with van der Waals surface area (Å²) in [6, 6.07) is 0.443. The molecular formula is C13H23N3O. The molecular weight excluding hydrogens is 214 g/mol. The van der Waals surface area contributed by atoms with Gasteiger partial charge in [-0.2, -0.15) is 0 Å². The van der Waals surface area contributed by atoms with E-state index in [1.165, 1.54) is 0 Å². The molecule has 0 spiro atoms. The zero-order valence-electron chi connectivity index (χ0n) is 11.4. The van der Waals surface area contributed by atoms with Crippen molar-refractivity contribution in [1.82, 2.24) is 15.3 Å². The molecule has 0 saturated carbocycles. The quantitative estimate of drug-likeness (QED) is 0.824. The van der Waals surface area contributed by atoms with Gasteiger partial charge in [-0.1, -0.05) is 20.8 Å². The molecule has 0 amide bonds. The Balaban J connectivity index is 2.98. The molecule has 0 fully saturated rings. The fourth-order valence-electron chi connectivity index (χ4n) is 2.24. The second kappa shape index (κ2) is 6.55. The van der Waals surface area contributed by atoms with E-state index in [1.807, 2.05) is 6.92 Å². The van der Waals surface area contributed by atoms with Crippen molar-refractivity contribution in [2.24, 2.45) is 0 Å². The summed E-state index contributed by atoms with van der Waals surface area (Å²) >= 11 is 0. The average molecular weight is 237 g/mol. The van der Waals surface area contributed by atoms with Crippen molar-refractivity contribution in [3.05, 3.63) is 17.6 Å². The zero-order valence-corrected chi connectivity index (χ0v) is 11.4. The Morgan fingerprint density at radius 2 is 2.06 bits per heavy atom. The molecule has 0 aromatic carbocycles. The number of ether oxygens (including phenoxy) is 1. The number of rotatable bonds is 6. The van der Waals surface area contributed by atoms with E-state index < -0.39 is 0 Å². The molecule has 96 valence electrons. The first-order chi connectivity index (χ1) is 8.15. The van der Waals surface area contributed by atoms with Gasteiger partial charge >= 0.3 is 0 Å². The first kappa shape index (κ1) is 13.9. The lowest BCUT2D eigenvalue weighted by molar-refractivity contribution is 0.387. The molecule has 1 aromatic rings. The monoisotopic (exact) mass is 237 g/mol. The Labute approximate surface area is 104 Å². The lowest BCUT2D eigenvalue weighted by Crippen LogP contribution is -2.33. The second-order valence-corrected chi connectivity index (χ2v) is 4.25. The molecule has 0 radical (unpaired) electrons. The molecule has 0 aliphatic heterocycles. The van der Waals surface area contributed by atoms with E-state index in [9.17, 15) is 0 Å². The van der Waals surface area contributed by atoms with E-state index in [2.05, 4.69) is 36.1 Å². The highest BCUT2D eigenvalue weighted by molar-refractivity contribution is 5.30. The topological polar surface area (TPSA) is 47.0 Å². The Bertz CT molecular complexity index is 355. The van der Waals surface area contributed by atoms with Crippen molar-refractivity contribution in [2.75, 3.05) is 13.7 Å². The maximum absolute atomic E-state index is 5.24. The molecule has 1 rings (SSSR count). The molecule has 0 bridgehead atoms. The van der Waals surface area contributed by atoms with Gasteiger partial charge in [-0.05, 0) is 19.9 Å². The van der Waals surface area contributed by atoms with Crippen LogP contribution in [0, 0.1) is 6.92 Å². The predicted octanol–water partition coefficient (Wildman–Crippen LogP) is 2.29. The van der Waals surface area contributed by atoms with Gasteiger partial charge in [0.1, 0.15) is 6.33 Å². The Morgan fingerprint density at radius 1 is 1.35 bits per heavy atom. The summed E-state index contributed by atoms with van der Waals surface area (Å²) in [4.78, 5) is 8.52. The van der Waals surface area contributed by atoms with Crippen molar-refractivity contribution in [1.29, 1.82) is 0 Å². The van der Waals surface area contributed by atoms with E-state index in [0.717, 1.165) is 24.2 Å². The van der Waals surface area contributed by atoms with Crippen LogP contribution < -0.4 is 10.1 Å². The fourth-order valence-corrected chi connectivity index (χ4v) is 2.24. The van der Waals surface area contributed by atoms with Crippen molar-refractivity contribution < 1.29 is 4.74 Å². The second-order valence-electron chi connectivity index (χ2n) is 4.25. The minimum Gasteiger partial charge on any atom is -0.481 e. The number of hydrogen-bond acceptors (Lipinski definition) is 4. The van der Waals surface area contributed by atoms with Crippen molar-refractivity contribution >= 4 is 0 Å². The SMILES string of the molecule is CCNC(CC)C(C)c1ncnc(OC)c1C. The summed E-state index contributed by atoms with van der Waals surface area (Å²) in [6.07, 6.45) is 2.66. The van der Waals surface area contributed by atoms with Crippen molar-refractivity contribution in [2.45, 2.75) is 46.1 Å². The van der Waals surface area contributed by atoms with Crippen LogP contribution in [-0.4, -0.2) is 29.7 Å². The number of methoxy groups -OCH3 is 1. The minimum absolute atomic E-state index is 0.358. The highest BCUT2D eigenvalue weighted by Crippen LogP contribution is 2.26. The van der Waals surface area contributed by atoms with Crippen LogP contribution in [0.3, 0.4) is 0 Å². The number of aromatic nitrogens is 2. The summed E-state index contributed by atoms with van der Waals surface area (Å²) in [5.41, 5.74) is 2.11. The minimum atomic E-state index is 0.358. The Kier molecular flexibility index (Phi) is 5.35. The molecule has 1 heterocycles. The average Bonchev–Trinajstić information content (AvgIpc) is 2.35. The Morgan fingerprint density at radius 3 is 2.59 bits per heavy atom. The summed E-state index contributed by atoms with van der Waals surface area (Å²) in [7, 11) is 1.64. The smallest absolute Gasteiger partial charge is 0.219 e. The third-order valence-electron chi connectivity index (χ3n) is 3.21. The van der Waals surface area contributed by atoms with Gasteiger partial charge in [0, 0.05) is 17.5 Å². The standard InChI is InChI=1S/C13H23N3O/c1-6-11(14-7-2)9(3)12-10(4)13(17-5)16-8-15-12/h8-9,11,14H,6-7H2,1-5H3. The molecule has 4 heteroatoms. The van der Waals surface area contributed by atoms with E-state index in [-0.39, 0.29) is 0 Å². The van der Waals surface area contributed by atoms with Gasteiger partial charge in [-0.15, -0.1) is 0 Å². The van der Waals surface area contributed by atoms with Crippen LogP contribution in [0.15, 0.2) is 6.33 Å². The maximum atomic E-state index is 5.24. The molecule has 0 aliphatic carbocycles. The fraction of sp³-hybridized carbons (Fsp3) is 0.692. The molecule has 17 heavy (non-hydrogen) atoms. The molecule has 1 aromatic heterocycles. The molecule has 0 saturated heterocycles. The van der Waals surface area contributed by atoms with Crippen LogP contribution in [0.1, 0.15) is 44.4 Å². The third kappa shape index (κ3) is 3.16. The van der Waals surface area contributed by atoms with E-state index in [1.54, 1.807) is 13.4 Å². The lowest BCUT2D eigenvalue weighted by atomic mass is 9.93. The normalized spacial score (nSPS) is 14.4. The molecule has 2 unspecified atom stereocenters. The van der Waals surface area contributed by atoms with E-state index in [0.29, 0.717) is 17.8 Å².